The third kappa shape index (κ3) is 4.97. The first-order chi connectivity index (χ1) is 14.4. The van der Waals surface area contributed by atoms with Gasteiger partial charge < -0.3 is 19.7 Å². The van der Waals surface area contributed by atoms with Crippen molar-refractivity contribution in [1.29, 1.82) is 0 Å². The Morgan fingerprint density at radius 3 is 2.63 bits per heavy atom. The van der Waals surface area contributed by atoms with Crippen molar-refractivity contribution in [1.82, 2.24) is 0 Å². The molecule has 0 aromatic heterocycles. The molecule has 7 heteroatoms. The molecule has 1 N–H and O–H groups in total. The van der Waals surface area contributed by atoms with E-state index in [2.05, 4.69) is 5.32 Å². The predicted molar refractivity (Wildman–Crippen MR) is 114 cm³/mol. The second kappa shape index (κ2) is 9.43. The highest BCUT2D eigenvalue weighted by atomic mass is 16.5. The Labute approximate surface area is 176 Å². The Bertz CT molecular complexity index is 956. The van der Waals surface area contributed by atoms with Crippen LogP contribution in [-0.4, -0.2) is 37.5 Å². The zero-order chi connectivity index (χ0) is 21.7. The number of esters is 1. The van der Waals surface area contributed by atoms with Gasteiger partial charge in [-0.3, -0.25) is 14.4 Å². The Hall–Kier alpha value is -3.35. The lowest BCUT2D eigenvalue weighted by atomic mass is 10.1. The van der Waals surface area contributed by atoms with Gasteiger partial charge in [-0.25, -0.2) is 0 Å². The number of nitrogens with zero attached hydrogens (tertiary/aromatic N) is 1. The zero-order valence-electron chi connectivity index (χ0n) is 17.4. The number of hydrogen-bond acceptors (Lipinski definition) is 5. The molecule has 1 saturated heterocycles. The second-order valence-corrected chi connectivity index (χ2v) is 7.26. The summed E-state index contributed by atoms with van der Waals surface area (Å²) in [6, 6.07) is 12.8. The summed E-state index contributed by atoms with van der Waals surface area (Å²) in [7, 11) is 0. The van der Waals surface area contributed by atoms with Gasteiger partial charge in [0.25, 0.3) is 5.91 Å². The minimum atomic E-state index is -0.595. The molecule has 0 bridgehead atoms. The molecule has 2 aromatic carbocycles. The van der Waals surface area contributed by atoms with Crippen LogP contribution in [0.4, 0.5) is 11.4 Å². The molecule has 0 unspecified atom stereocenters. The molecule has 0 aliphatic carbocycles. The Morgan fingerprint density at radius 1 is 1.13 bits per heavy atom. The van der Waals surface area contributed by atoms with Gasteiger partial charge in [-0.05, 0) is 56.2 Å². The molecule has 2 amide bonds. The van der Waals surface area contributed by atoms with E-state index >= 15 is 0 Å². The predicted octanol–water partition coefficient (Wildman–Crippen LogP) is 3.24. The van der Waals surface area contributed by atoms with E-state index in [1.54, 1.807) is 29.2 Å². The van der Waals surface area contributed by atoms with Gasteiger partial charge in [-0.15, -0.1) is 0 Å². The molecule has 1 aliphatic heterocycles. The maximum absolute atomic E-state index is 12.4. The summed E-state index contributed by atoms with van der Waals surface area (Å²) < 4.78 is 10.6. The number of carbonyl (C=O) groups is 3. The van der Waals surface area contributed by atoms with Crippen LogP contribution in [0.5, 0.6) is 5.75 Å². The van der Waals surface area contributed by atoms with Crippen LogP contribution in [0, 0.1) is 19.8 Å². The Morgan fingerprint density at radius 2 is 1.90 bits per heavy atom. The third-order valence-corrected chi connectivity index (χ3v) is 5.07. The van der Waals surface area contributed by atoms with Gasteiger partial charge in [0.2, 0.25) is 5.91 Å². The van der Waals surface area contributed by atoms with Crippen LogP contribution in [-0.2, 0) is 19.1 Å². The lowest BCUT2D eigenvalue weighted by molar-refractivity contribution is -0.151. The molecular formula is C23H26N2O5. The highest BCUT2D eigenvalue weighted by Crippen LogP contribution is 2.27. The SMILES string of the molecule is CCOc1ccccc1NC(=O)COC(=O)[C@@H]1CC(=O)N(c2ccc(C)c(C)c2)C1. The molecule has 158 valence electrons. The van der Waals surface area contributed by atoms with Crippen molar-refractivity contribution < 1.29 is 23.9 Å². The van der Waals surface area contributed by atoms with Crippen molar-refractivity contribution in [3.8, 4) is 5.75 Å². The average Bonchev–Trinajstić information content (AvgIpc) is 3.11. The third-order valence-electron chi connectivity index (χ3n) is 5.07. The van der Waals surface area contributed by atoms with E-state index in [-0.39, 0.29) is 18.9 Å². The lowest BCUT2D eigenvalue weighted by Crippen LogP contribution is -2.28. The average molecular weight is 410 g/mol. The standard InChI is InChI=1S/C23H26N2O5/c1-4-29-20-8-6-5-7-19(20)24-21(26)14-30-23(28)17-12-22(27)25(13-17)18-10-9-15(2)16(3)11-18/h5-11,17H,4,12-14H2,1-3H3,(H,24,26)/t17-/m1/s1. The fourth-order valence-corrected chi connectivity index (χ4v) is 3.30. The first-order valence-corrected chi connectivity index (χ1v) is 9.95. The summed E-state index contributed by atoms with van der Waals surface area (Å²) in [4.78, 5) is 38.6. The van der Waals surface area contributed by atoms with Crippen molar-refractivity contribution in [3.05, 3.63) is 53.6 Å². The highest BCUT2D eigenvalue weighted by Gasteiger charge is 2.36. The summed E-state index contributed by atoms with van der Waals surface area (Å²) in [5, 5.41) is 2.68. The van der Waals surface area contributed by atoms with Crippen molar-refractivity contribution in [2.75, 3.05) is 30.0 Å². The Kier molecular flexibility index (Phi) is 6.72. The number of hydrogen-bond donors (Lipinski definition) is 1. The first kappa shape index (κ1) is 21.4. The summed E-state index contributed by atoms with van der Waals surface area (Å²) >= 11 is 0. The van der Waals surface area contributed by atoms with E-state index in [0.29, 0.717) is 18.0 Å². The van der Waals surface area contributed by atoms with E-state index in [1.807, 2.05) is 39.0 Å². The van der Waals surface area contributed by atoms with E-state index < -0.39 is 24.4 Å². The van der Waals surface area contributed by atoms with Crippen LogP contribution in [0.25, 0.3) is 0 Å². The molecule has 1 aliphatic rings. The number of para-hydroxylation sites is 2. The van der Waals surface area contributed by atoms with E-state index in [1.165, 1.54) is 0 Å². The van der Waals surface area contributed by atoms with Crippen molar-refractivity contribution in [2.45, 2.75) is 27.2 Å². The number of benzene rings is 2. The van der Waals surface area contributed by atoms with Gasteiger partial charge in [0.1, 0.15) is 5.75 Å². The minimum absolute atomic E-state index is 0.0700. The van der Waals surface area contributed by atoms with Gasteiger partial charge in [0.05, 0.1) is 18.2 Å². The molecular weight excluding hydrogens is 384 g/mol. The highest BCUT2D eigenvalue weighted by molar-refractivity contribution is 6.00. The van der Waals surface area contributed by atoms with E-state index in [9.17, 15) is 14.4 Å². The zero-order valence-corrected chi connectivity index (χ0v) is 17.4. The van der Waals surface area contributed by atoms with Crippen LogP contribution >= 0.6 is 0 Å². The first-order valence-electron chi connectivity index (χ1n) is 9.95. The molecule has 3 rings (SSSR count). The fourth-order valence-electron chi connectivity index (χ4n) is 3.30. The van der Waals surface area contributed by atoms with Gasteiger partial charge in [0, 0.05) is 18.7 Å². The summed E-state index contributed by atoms with van der Waals surface area (Å²) in [5.74, 6) is -1.20. The monoisotopic (exact) mass is 410 g/mol. The molecule has 0 radical (unpaired) electrons. The number of amides is 2. The molecule has 1 heterocycles. The van der Waals surface area contributed by atoms with Gasteiger partial charge in [0.15, 0.2) is 6.61 Å². The normalized spacial score (nSPS) is 15.8. The lowest BCUT2D eigenvalue weighted by Gasteiger charge is -2.18. The number of aryl methyl sites for hydroxylation is 2. The summed E-state index contributed by atoms with van der Waals surface area (Å²) in [6.07, 6.45) is 0.0700. The van der Waals surface area contributed by atoms with Crippen LogP contribution in [0.15, 0.2) is 42.5 Å². The topological polar surface area (TPSA) is 84.9 Å². The Balaban J connectivity index is 1.54. The minimum Gasteiger partial charge on any atom is -0.492 e. The molecule has 7 nitrogen and oxygen atoms in total. The molecule has 1 fully saturated rings. The number of nitrogens with one attached hydrogen (secondary N) is 1. The number of rotatable bonds is 7. The smallest absolute Gasteiger partial charge is 0.311 e. The van der Waals surface area contributed by atoms with Crippen LogP contribution in [0.3, 0.4) is 0 Å². The molecule has 0 spiro atoms. The van der Waals surface area contributed by atoms with E-state index in [0.717, 1.165) is 16.8 Å². The number of anilines is 2. The second-order valence-electron chi connectivity index (χ2n) is 7.26. The van der Waals surface area contributed by atoms with Crippen molar-refractivity contribution >= 4 is 29.2 Å². The van der Waals surface area contributed by atoms with Crippen LogP contribution in [0.1, 0.15) is 24.5 Å². The van der Waals surface area contributed by atoms with E-state index in [4.69, 9.17) is 9.47 Å². The molecule has 2 aromatic rings. The van der Waals surface area contributed by atoms with Gasteiger partial charge >= 0.3 is 5.97 Å². The molecule has 0 saturated carbocycles. The van der Waals surface area contributed by atoms with Crippen molar-refractivity contribution in [2.24, 2.45) is 5.92 Å². The maximum Gasteiger partial charge on any atom is 0.311 e. The summed E-state index contributed by atoms with van der Waals surface area (Å²) in [6.45, 7) is 6.12. The van der Waals surface area contributed by atoms with Crippen molar-refractivity contribution in [3.63, 3.8) is 0 Å². The molecule has 1 atom stereocenters. The fraction of sp³-hybridized carbons (Fsp3) is 0.348. The number of ether oxygens (including phenoxy) is 2. The largest absolute Gasteiger partial charge is 0.492 e. The maximum atomic E-state index is 12.4. The van der Waals surface area contributed by atoms with Gasteiger partial charge in [-0.2, -0.15) is 0 Å². The van der Waals surface area contributed by atoms with Gasteiger partial charge in [-0.1, -0.05) is 18.2 Å². The summed E-state index contributed by atoms with van der Waals surface area (Å²) in [5.41, 5.74) is 3.50. The number of carbonyl (C=O) groups excluding carboxylic acids is 3. The molecule has 30 heavy (non-hydrogen) atoms. The van der Waals surface area contributed by atoms with Crippen LogP contribution in [0.2, 0.25) is 0 Å². The quantitative estimate of drug-likeness (QED) is 0.709. The van der Waals surface area contributed by atoms with Crippen LogP contribution < -0.4 is 15.0 Å².